The molecule has 5 nitrogen and oxygen atoms in total. The van der Waals surface area contributed by atoms with Crippen molar-refractivity contribution in [3.8, 4) is 5.82 Å². The van der Waals surface area contributed by atoms with Gasteiger partial charge in [0.25, 0.3) is 0 Å². The van der Waals surface area contributed by atoms with Crippen molar-refractivity contribution in [1.29, 1.82) is 0 Å². The summed E-state index contributed by atoms with van der Waals surface area (Å²) in [5, 5.41) is 8.09. The molecule has 2 aromatic rings. The monoisotopic (exact) mass is 249 g/mol. The second-order valence-corrected chi connectivity index (χ2v) is 4.56. The molecule has 1 aliphatic rings. The summed E-state index contributed by atoms with van der Waals surface area (Å²) in [6, 6.07) is 0.666. The van der Waals surface area contributed by atoms with Gasteiger partial charge in [-0.2, -0.15) is 5.10 Å². The van der Waals surface area contributed by atoms with Crippen LogP contribution in [0.25, 0.3) is 5.82 Å². The smallest absolute Gasteiger partial charge is 0.172 e. The lowest BCUT2D eigenvalue weighted by Crippen LogP contribution is -2.17. The lowest BCUT2D eigenvalue weighted by molar-refractivity contribution is 0.667. The number of rotatable bonds is 4. The predicted molar refractivity (Wildman–Crippen MR) is 64.0 cm³/mol. The van der Waals surface area contributed by atoms with Crippen molar-refractivity contribution in [2.75, 3.05) is 0 Å². The largest absolute Gasteiger partial charge is 0.308 e. The van der Waals surface area contributed by atoms with Gasteiger partial charge in [-0.3, -0.25) is 4.98 Å². The molecule has 1 aliphatic carbocycles. The van der Waals surface area contributed by atoms with Crippen molar-refractivity contribution in [1.82, 2.24) is 25.1 Å². The van der Waals surface area contributed by atoms with E-state index in [-0.39, 0.29) is 0 Å². The third kappa shape index (κ3) is 2.62. The van der Waals surface area contributed by atoms with Crippen molar-refractivity contribution in [3.05, 3.63) is 35.5 Å². The molecular formula is C11H12ClN5. The van der Waals surface area contributed by atoms with Gasteiger partial charge in [0.1, 0.15) is 0 Å². The summed E-state index contributed by atoms with van der Waals surface area (Å²) in [7, 11) is 0. The number of halogens is 1. The minimum absolute atomic E-state index is 0.591. The highest BCUT2D eigenvalue weighted by Gasteiger charge is 2.20. The average Bonchev–Trinajstić information content (AvgIpc) is 3.08. The Balaban J connectivity index is 1.77. The molecule has 0 amide bonds. The molecule has 3 rings (SSSR count). The molecule has 0 bridgehead atoms. The van der Waals surface area contributed by atoms with Crippen LogP contribution in [-0.2, 0) is 6.54 Å². The molecule has 0 atom stereocenters. The van der Waals surface area contributed by atoms with Gasteiger partial charge < -0.3 is 5.32 Å². The molecule has 0 unspecified atom stereocenters. The van der Waals surface area contributed by atoms with Crippen LogP contribution in [0.5, 0.6) is 0 Å². The van der Waals surface area contributed by atoms with Gasteiger partial charge >= 0.3 is 0 Å². The van der Waals surface area contributed by atoms with Gasteiger partial charge in [-0.15, -0.1) is 0 Å². The second-order valence-electron chi connectivity index (χ2n) is 4.13. The van der Waals surface area contributed by atoms with Gasteiger partial charge in [0.05, 0.1) is 29.3 Å². The van der Waals surface area contributed by atoms with E-state index in [4.69, 9.17) is 11.6 Å². The van der Waals surface area contributed by atoms with Crippen LogP contribution < -0.4 is 5.32 Å². The molecule has 17 heavy (non-hydrogen) atoms. The van der Waals surface area contributed by atoms with Gasteiger partial charge in [0.15, 0.2) is 5.82 Å². The van der Waals surface area contributed by atoms with Crippen LogP contribution >= 0.6 is 11.6 Å². The molecular weight excluding hydrogens is 238 g/mol. The third-order valence-corrected chi connectivity index (χ3v) is 2.80. The topological polar surface area (TPSA) is 55.6 Å². The lowest BCUT2D eigenvalue weighted by Gasteiger charge is -2.04. The summed E-state index contributed by atoms with van der Waals surface area (Å²) in [6.07, 6.45) is 9.26. The Morgan fingerprint density at radius 2 is 2.24 bits per heavy atom. The minimum atomic E-state index is 0.591. The Hall–Kier alpha value is -1.46. The predicted octanol–water partition coefficient (Wildman–Crippen LogP) is 1.57. The third-order valence-electron chi connectivity index (χ3n) is 2.61. The lowest BCUT2D eigenvalue weighted by atomic mass is 10.4. The van der Waals surface area contributed by atoms with Gasteiger partial charge in [-0.1, -0.05) is 11.6 Å². The second kappa shape index (κ2) is 4.43. The van der Waals surface area contributed by atoms with Crippen LogP contribution in [-0.4, -0.2) is 25.8 Å². The van der Waals surface area contributed by atoms with Gasteiger partial charge in [0, 0.05) is 18.8 Å². The Morgan fingerprint density at radius 3 is 2.94 bits per heavy atom. The highest BCUT2D eigenvalue weighted by Crippen LogP contribution is 2.19. The fourth-order valence-electron chi connectivity index (χ4n) is 1.55. The van der Waals surface area contributed by atoms with E-state index in [1.165, 1.54) is 12.8 Å². The van der Waals surface area contributed by atoms with Gasteiger partial charge in [-0.25, -0.2) is 9.67 Å². The standard InChI is InChI=1S/C11H12ClN5/c12-8-3-15-17(7-8)11-6-13-4-10(16-11)5-14-9-1-2-9/h3-4,6-7,9,14H,1-2,5H2. The van der Waals surface area contributed by atoms with E-state index >= 15 is 0 Å². The summed E-state index contributed by atoms with van der Waals surface area (Å²) in [5.74, 6) is 0.687. The summed E-state index contributed by atoms with van der Waals surface area (Å²) in [4.78, 5) is 8.64. The normalized spacial score (nSPS) is 15.1. The van der Waals surface area contributed by atoms with Crippen molar-refractivity contribution < 1.29 is 0 Å². The molecule has 0 spiro atoms. The molecule has 0 aromatic carbocycles. The zero-order valence-electron chi connectivity index (χ0n) is 9.17. The first-order valence-corrected chi connectivity index (χ1v) is 5.94. The number of hydrogen-bond acceptors (Lipinski definition) is 4. The van der Waals surface area contributed by atoms with Crippen LogP contribution in [0.15, 0.2) is 24.8 Å². The van der Waals surface area contributed by atoms with Crippen molar-refractivity contribution in [2.45, 2.75) is 25.4 Å². The van der Waals surface area contributed by atoms with E-state index in [0.29, 0.717) is 16.9 Å². The zero-order chi connectivity index (χ0) is 11.7. The molecule has 88 valence electrons. The number of hydrogen-bond donors (Lipinski definition) is 1. The first kappa shape index (κ1) is 10.7. The maximum Gasteiger partial charge on any atom is 0.172 e. The van der Waals surface area contributed by atoms with Crippen LogP contribution in [0.3, 0.4) is 0 Å². The van der Waals surface area contributed by atoms with Crippen molar-refractivity contribution in [3.63, 3.8) is 0 Å². The average molecular weight is 250 g/mol. The Bertz CT molecular complexity index is 520. The van der Waals surface area contributed by atoms with Gasteiger partial charge in [-0.05, 0) is 12.8 Å². The van der Waals surface area contributed by atoms with Crippen molar-refractivity contribution in [2.24, 2.45) is 0 Å². The maximum atomic E-state index is 5.82. The Morgan fingerprint density at radius 1 is 1.35 bits per heavy atom. The molecule has 1 fully saturated rings. The molecule has 1 N–H and O–H groups in total. The zero-order valence-corrected chi connectivity index (χ0v) is 9.93. The summed E-state index contributed by atoms with van der Waals surface area (Å²) < 4.78 is 1.62. The summed E-state index contributed by atoms with van der Waals surface area (Å²) in [6.45, 7) is 0.751. The molecule has 6 heteroatoms. The number of aromatic nitrogens is 4. The fourth-order valence-corrected chi connectivity index (χ4v) is 1.69. The van der Waals surface area contributed by atoms with E-state index in [1.54, 1.807) is 29.5 Å². The van der Waals surface area contributed by atoms with Crippen LogP contribution in [0, 0.1) is 0 Å². The molecule has 0 radical (unpaired) electrons. The fraction of sp³-hybridized carbons (Fsp3) is 0.364. The van der Waals surface area contributed by atoms with E-state index in [0.717, 1.165) is 12.2 Å². The highest BCUT2D eigenvalue weighted by atomic mass is 35.5. The number of nitrogens with zero attached hydrogens (tertiary/aromatic N) is 4. The van der Waals surface area contributed by atoms with Gasteiger partial charge in [0.2, 0.25) is 0 Å². The highest BCUT2D eigenvalue weighted by molar-refractivity contribution is 6.30. The van der Waals surface area contributed by atoms with E-state index in [9.17, 15) is 0 Å². The molecule has 1 saturated carbocycles. The van der Waals surface area contributed by atoms with Crippen LogP contribution in [0.2, 0.25) is 5.02 Å². The first-order valence-electron chi connectivity index (χ1n) is 5.56. The van der Waals surface area contributed by atoms with E-state index in [2.05, 4.69) is 20.4 Å². The molecule has 2 aromatic heterocycles. The Kier molecular flexibility index (Phi) is 2.78. The quantitative estimate of drug-likeness (QED) is 0.894. The van der Waals surface area contributed by atoms with Crippen LogP contribution in [0.1, 0.15) is 18.5 Å². The minimum Gasteiger partial charge on any atom is -0.308 e. The molecule has 0 aliphatic heterocycles. The van der Waals surface area contributed by atoms with Crippen molar-refractivity contribution >= 4 is 11.6 Å². The first-order chi connectivity index (χ1) is 8.31. The number of nitrogens with one attached hydrogen (secondary N) is 1. The molecule has 2 heterocycles. The van der Waals surface area contributed by atoms with Crippen LogP contribution in [0.4, 0.5) is 0 Å². The van der Waals surface area contributed by atoms with E-state index in [1.807, 2.05) is 0 Å². The summed E-state index contributed by atoms with van der Waals surface area (Å²) >= 11 is 5.82. The maximum absolute atomic E-state index is 5.82. The summed E-state index contributed by atoms with van der Waals surface area (Å²) in [5.41, 5.74) is 0.918. The molecule has 0 saturated heterocycles. The van der Waals surface area contributed by atoms with E-state index < -0.39 is 0 Å². The Labute approximate surface area is 104 Å². The SMILES string of the molecule is Clc1cnn(-c2cncc(CNC3CC3)n2)c1.